The van der Waals surface area contributed by atoms with Crippen molar-refractivity contribution in [2.45, 2.75) is 56.2 Å². The molecule has 0 saturated carbocycles. The van der Waals surface area contributed by atoms with Crippen molar-refractivity contribution in [1.29, 1.82) is 0 Å². The van der Waals surface area contributed by atoms with E-state index in [1.165, 1.54) is 12.1 Å². The van der Waals surface area contributed by atoms with Gasteiger partial charge in [0.1, 0.15) is 36.3 Å². The molecule has 4 rings (SSSR count). The van der Waals surface area contributed by atoms with Crippen molar-refractivity contribution in [2.75, 3.05) is 13.2 Å². The van der Waals surface area contributed by atoms with Gasteiger partial charge in [-0.25, -0.2) is 8.78 Å². The third-order valence-electron chi connectivity index (χ3n) is 6.09. The zero-order chi connectivity index (χ0) is 23.2. The monoisotopic (exact) mass is 470 g/mol. The lowest BCUT2D eigenvalue weighted by molar-refractivity contribution is -0.231. The first-order valence-corrected chi connectivity index (χ1v) is 10.7. The highest BCUT2D eigenvalue weighted by molar-refractivity contribution is 6.33. The maximum atomic E-state index is 13.5. The van der Waals surface area contributed by atoms with Gasteiger partial charge in [-0.3, -0.25) is 0 Å². The van der Waals surface area contributed by atoms with Crippen LogP contribution in [0.15, 0.2) is 30.3 Å². The molecule has 2 heterocycles. The number of aliphatic hydroxyl groups excluding tert-OH is 4. The van der Waals surface area contributed by atoms with E-state index in [9.17, 15) is 29.2 Å². The van der Waals surface area contributed by atoms with E-state index in [4.69, 9.17) is 21.1 Å². The zero-order valence-corrected chi connectivity index (χ0v) is 18.1. The maximum Gasteiger partial charge on any atom is 0.270 e. The van der Waals surface area contributed by atoms with Crippen LogP contribution in [0.25, 0.3) is 0 Å². The van der Waals surface area contributed by atoms with Crippen LogP contribution < -0.4 is 4.74 Å². The number of rotatable bonds is 5. The first-order valence-electron chi connectivity index (χ1n) is 10.4. The molecule has 0 amide bonds. The zero-order valence-electron chi connectivity index (χ0n) is 17.3. The van der Waals surface area contributed by atoms with Crippen LogP contribution in [0.5, 0.6) is 5.75 Å². The summed E-state index contributed by atoms with van der Waals surface area (Å²) in [5.74, 6) is -2.48. The number of halogens is 3. The summed E-state index contributed by atoms with van der Waals surface area (Å²) in [6, 6.07) is 7.68. The van der Waals surface area contributed by atoms with Gasteiger partial charge in [0, 0.05) is 24.5 Å². The van der Waals surface area contributed by atoms with Crippen molar-refractivity contribution in [3.8, 4) is 5.75 Å². The standard InChI is InChI=1S/C23H25ClF2O6/c1-23(25,26)13-4-2-11(3-5-13)8-12-9-15(14-6-7-31-21(14)17(12)24)22-20(30)19(29)18(28)16(10-27)32-22/h2-5,9,16,18-20,22,27-30H,6-8,10H2,1H3. The Labute approximate surface area is 189 Å². The van der Waals surface area contributed by atoms with Gasteiger partial charge in [-0.2, -0.15) is 0 Å². The highest BCUT2D eigenvalue weighted by atomic mass is 35.5. The number of hydrogen-bond donors (Lipinski definition) is 4. The second-order valence-corrected chi connectivity index (χ2v) is 8.73. The SMILES string of the molecule is CC(F)(F)c1ccc(Cc2cc(C3OC(CO)C(O)C(O)C3O)c3c(c2Cl)OCC3)cc1. The first-order chi connectivity index (χ1) is 15.1. The predicted octanol–water partition coefficient (Wildman–Crippen LogP) is 2.49. The summed E-state index contributed by atoms with van der Waals surface area (Å²) in [5, 5.41) is 40.8. The van der Waals surface area contributed by atoms with Crippen molar-refractivity contribution < 1.29 is 38.7 Å². The third-order valence-corrected chi connectivity index (χ3v) is 6.50. The molecule has 0 aliphatic carbocycles. The molecular formula is C23H25ClF2O6. The Morgan fingerprint density at radius 1 is 1.09 bits per heavy atom. The minimum atomic E-state index is -2.94. The van der Waals surface area contributed by atoms with Gasteiger partial charge in [-0.1, -0.05) is 41.9 Å². The molecule has 174 valence electrons. The summed E-state index contributed by atoms with van der Waals surface area (Å²) >= 11 is 6.59. The Hall–Kier alpha value is -1.81. The van der Waals surface area contributed by atoms with Crippen LogP contribution in [0.3, 0.4) is 0 Å². The maximum absolute atomic E-state index is 13.5. The van der Waals surface area contributed by atoms with Gasteiger partial charge < -0.3 is 29.9 Å². The van der Waals surface area contributed by atoms with Crippen LogP contribution in [-0.4, -0.2) is 58.1 Å². The fourth-order valence-electron chi connectivity index (χ4n) is 4.29. The molecule has 0 bridgehead atoms. The average molecular weight is 471 g/mol. The number of alkyl halides is 2. The lowest BCUT2D eigenvalue weighted by Crippen LogP contribution is -2.55. The van der Waals surface area contributed by atoms with Gasteiger partial charge in [0.15, 0.2) is 0 Å². The Bertz CT molecular complexity index is 976. The van der Waals surface area contributed by atoms with E-state index in [2.05, 4.69) is 0 Å². The molecule has 2 aromatic rings. The molecule has 32 heavy (non-hydrogen) atoms. The molecule has 5 unspecified atom stereocenters. The van der Waals surface area contributed by atoms with Crippen molar-refractivity contribution in [3.63, 3.8) is 0 Å². The number of fused-ring (bicyclic) bond motifs is 1. The minimum Gasteiger partial charge on any atom is -0.491 e. The molecule has 0 spiro atoms. The van der Waals surface area contributed by atoms with Crippen LogP contribution in [0.2, 0.25) is 5.02 Å². The quantitative estimate of drug-likeness (QED) is 0.536. The molecule has 0 aromatic heterocycles. The summed E-state index contributed by atoms with van der Waals surface area (Å²) in [6.45, 7) is 0.682. The van der Waals surface area contributed by atoms with Gasteiger partial charge in [0.25, 0.3) is 5.92 Å². The van der Waals surface area contributed by atoms with Crippen molar-refractivity contribution >= 4 is 11.6 Å². The average Bonchev–Trinajstić information content (AvgIpc) is 3.25. The number of aliphatic hydroxyl groups is 4. The molecule has 4 N–H and O–H groups in total. The first kappa shape index (κ1) is 23.4. The summed E-state index contributed by atoms with van der Waals surface area (Å²) in [5.41, 5.74) is 2.56. The van der Waals surface area contributed by atoms with E-state index in [0.717, 1.165) is 18.1 Å². The topological polar surface area (TPSA) is 99.4 Å². The van der Waals surface area contributed by atoms with E-state index in [0.29, 0.717) is 41.3 Å². The molecule has 2 aliphatic rings. The molecule has 1 saturated heterocycles. The summed E-state index contributed by atoms with van der Waals surface area (Å²) in [4.78, 5) is 0. The molecule has 5 atom stereocenters. The van der Waals surface area contributed by atoms with Gasteiger partial charge in [0.2, 0.25) is 0 Å². The fourth-order valence-corrected chi connectivity index (χ4v) is 4.58. The normalized spacial score (nSPS) is 27.8. The van der Waals surface area contributed by atoms with E-state index < -0.39 is 43.0 Å². The second kappa shape index (κ2) is 8.85. The number of benzene rings is 2. The number of ether oxygens (including phenoxy) is 2. The Morgan fingerprint density at radius 3 is 2.41 bits per heavy atom. The van der Waals surface area contributed by atoms with Crippen molar-refractivity contribution in [1.82, 2.24) is 0 Å². The Kier molecular flexibility index (Phi) is 6.46. The summed E-state index contributed by atoms with van der Waals surface area (Å²) in [7, 11) is 0. The minimum absolute atomic E-state index is 0.0911. The molecule has 9 heteroatoms. The highest BCUT2D eigenvalue weighted by Gasteiger charge is 2.45. The van der Waals surface area contributed by atoms with E-state index in [-0.39, 0.29) is 5.56 Å². The molecule has 1 fully saturated rings. The van der Waals surface area contributed by atoms with Crippen LogP contribution in [-0.2, 0) is 23.5 Å². The van der Waals surface area contributed by atoms with Gasteiger partial charge in [-0.15, -0.1) is 0 Å². The summed E-state index contributed by atoms with van der Waals surface area (Å²) < 4.78 is 38.5. The largest absolute Gasteiger partial charge is 0.491 e. The molecular weight excluding hydrogens is 446 g/mol. The smallest absolute Gasteiger partial charge is 0.270 e. The molecule has 2 aliphatic heterocycles. The molecule has 2 aromatic carbocycles. The Morgan fingerprint density at radius 2 is 1.78 bits per heavy atom. The van der Waals surface area contributed by atoms with E-state index in [1.807, 2.05) is 0 Å². The molecule has 0 radical (unpaired) electrons. The third kappa shape index (κ3) is 4.23. The van der Waals surface area contributed by atoms with E-state index >= 15 is 0 Å². The Balaban J connectivity index is 1.71. The second-order valence-electron chi connectivity index (χ2n) is 8.36. The summed E-state index contributed by atoms with van der Waals surface area (Å²) in [6.07, 6.45) is -5.63. The van der Waals surface area contributed by atoms with Crippen LogP contribution in [0.4, 0.5) is 8.78 Å². The van der Waals surface area contributed by atoms with E-state index in [1.54, 1.807) is 18.2 Å². The lowest BCUT2D eigenvalue weighted by Gasteiger charge is -2.40. The van der Waals surface area contributed by atoms with Crippen molar-refractivity contribution in [3.05, 3.63) is 63.2 Å². The predicted molar refractivity (Wildman–Crippen MR) is 112 cm³/mol. The van der Waals surface area contributed by atoms with Crippen molar-refractivity contribution in [2.24, 2.45) is 0 Å². The highest BCUT2D eigenvalue weighted by Crippen LogP contribution is 2.44. The van der Waals surface area contributed by atoms with Crippen LogP contribution >= 0.6 is 11.6 Å². The van der Waals surface area contributed by atoms with Crippen LogP contribution in [0.1, 0.15) is 40.8 Å². The fraction of sp³-hybridized carbons (Fsp3) is 0.478. The molecule has 6 nitrogen and oxygen atoms in total. The lowest BCUT2D eigenvalue weighted by atomic mass is 9.87. The van der Waals surface area contributed by atoms with Gasteiger partial charge in [0.05, 0.1) is 18.2 Å². The van der Waals surface area contributed by atoms with Crippen LogP contribution in [0, 0.1) is 0 Å². The number of hydrogen-bond acceptors (Lipinski definition) is 6. The van der Waals surface area contributed by atoms with Gasteiger partial charge in [-0.05, 0) is 23.1 Å². The van der Waals surface area contributed by atoms with Gasteiger partial charge >= 0.3 is 0 Å².